The van der Waals surface area contributed by atoms with Crippen LogP contribution in [0.4, 0.5) is 0 Å². The van der Waals surface area contributed by atoms with Crippen molar-refractivity contribution in [1.82, 2.24) is 5.32 Å². The molecule has 0 bridgehead atoms. The third-order valence-corrected chi connectivity index (χ3v) is 1.44. The molecule has 0 aliphatic heterocycles. The minimum Gasteiger partial charge on any atom is -0.305 e. The third-order valence-electron chi connectivity index (χ3n) is 0.740. The van der Waals surface area contributed by atoms with E-state index in [1.807, 2.05) is 14.0 Å². The fourth-order valence-electron chi connectivity index (χ4n) is 0.246. The standard InChI is InChI=1S/C5H11NS/c1-4(2)5(7)6-3/h5-7H,1H2,2-3H3. The maximum absolute atomic E-state index is 4.11. The molecule has 0 aliphatic rings. The van der Waals surface area contributed by atoms with Crippen molar-refractivity contribution in [2.24, 2.45) is 0 Å². The molecule has 7 heavy (non-hydrogen) atoms. The fraction of sp³-hybridized carbons (Fsp3) is 0.600. The lowest BCUT2D eigenvalue weighted by molar-refractivity contribution is 0.834. The Balaban J connectivity index is 3.34. The maximum atomic E-state index is 4.11. The van der Waals surface area contributed by atoms with Gasteiger partial charge in [-0.15, -0.1) is 0 Å². The zero-order valence-corrected chi connectivity index (χ0v) is 5.63. The quantitative estimate of drug-likeness (QED) is 0.313. The summed E-state index contributed by atoms with van der Waals surface area (Å²) in [6.07, 6.45) is 0. The largest absolute Gasteiger partial charge is 0.305 e. The molecule has 0 heterocycles. The Morgan fingerprint density at radius 2 is 2.29 bits per heavy atom. The Labute approximate surface area is 50.2 Å². The Hall–Kier alpha value is 0.0500. The van der Waals surface area contributed by atoms with E-state index >= 15 is 0 Å². The molecule has 0 saturated carbocycles. The Morgan fingerprint density at radius 3 is 2.29 bits per heavy atom. The fourth-order valence-corrected chi connectivity index (χ4v) is 0.246. The van der Waals surface area contributed by atoms with Gasteiger partial charge in [0.15, 0.2) is 0 Å². The molecule has 0 aromatic rings. The van der Waals surface area contributed by atoms with Gasteiger partial charge in [-0.2, -0.15) is 12.6 Å². The molecular weight excluding hydrogens is 106 g/mol. The van der Waals surface area contributed by atoms with Crippen molar-refractivity contribution < 1.29 is 0 Å². The van der Waals surface area contributed by atoms with Crippen LogP contribution in [0.25, 0.3) is 0 Å². The molecule has 0 aromatic heterocycles. The minimum atomic E-state index is 0.153. The van der Waals surface area contributed by atoms with E-state index in [0.717, 1.165) is 5.57 Å². The second-order valence-corrected chi connectivity index (χ2v) is 2.05. The molecule has 1 N–H and O–H groups in total. The van der Waals surface area contributed by atoms with Crippen molar-refractivity contribution in [2.45, 2.75) is 12.3 Å². The van der Waals surface area contributed by atoms with Crippen LogP contribution >= 0.6 is 12.6 Å². The highest BCUT2D eigenvalue weighted by molar-refractivity contribution is 7.81. The summed E-state index contributed by atoms with van der Waals surface area (Å²) in [6.45, 7) is 5.63. The third kappa shape index (κ3) is 2.71. The molecule has 2 heteroatoms. The Bertz CT molecular complexity index is 70.5. The van der Waals surface area contributed by atoms with E-state index in [4.69, 9.17) is 0 Å². The first-order valence-corrected chi connectivity index (χ1v) is 2.71. The Kier molecular flexibility index (Phi) is 3.13. The van der Waals surface area contributed by atoms with Crippen LogP contribution in [-0.2, 0) is 0 Å². The van der Waals surface area contributed by atoms with Gasteiger partial charge in [-0.1, -0.05) is 12.2 Å². The number of nitrogens with one attached hydrogen (secondary N) is 1. The average Bonchev–Trinajstić information content (AvgIpc) is 1.65. The second-order valence-electron chi connectivity index (χ2n) is 1.54. The van der Waals surface area contributed by atoms with E-state index in [-0.39, 0.29) is 5.37 Å². The number of rotatable bonds is 2. The summed E-state index contributed by atoms with van der Waals surface area (Å²) in [4.78, 5) is 0. The van der Waals surface area contributed by atoms with Crippen molar-refractivity contribution in [1.29, 1.82) is 0 Å². The molecule has 0 spiro atoms. The number of hydrogen-bond donors (Lipinski definition) is 2. The topological polar surface area (TPSA) is 12.0 Å². The van der Waals surface area contributed by atoms with E-state index < -0.39 is 0 Å². The molecule has 0 aliphatic carbocycles. The van der Waals surface area contributed by atoms with Gasteiger partial charge in [0.1, 0.15) is 0 Å². The smallest absolute Gasteiger partial charge is 0.0711 e. The highest BCUT2D eigenvalue weighted by Gasteiger charge is 1.94. The highest BCUT2D eigenvalue weighted by Crippen LogP contribution is 1.99. The van der Waals surface area contributed by atoms with E-state index in [1.54, 1.807) is 0 Å². The number of hydrogen-bond acceptors (Lipinski definition) is 2. The Morgan fingerprint density at radius 1 is 1.86 bits per heavy atom. The molecule has 0 fully saturated rings. The van der Waals surface area contributed by atoms with Gasteiger partial charge in [-0.3, -0.25) is 0 Å². The van der Waals surface area contributed by atoms with Gasteiger partial charge in [0.25, 0.3) is 0 Å². The molecule has 0 amide bonds. The number of likely N-dealkylation sites (N-methyl/N-ethyl adjacent to an activating group) is 1. The molecule has 0 rings (SSSR count). The van der Waals surface area contributed by atoms with Crippen LogP contribution in [0.5, 0.6) is 0 Å². The van der Waals surface area contributed by atoms with Gasteiger partial charge in [0, 0.05) is 0 Å². The van der Waals surface area contributed by atoms with Gasteiger partial charge in [-0.25, -0.2) is 0 Å². The van der Waals surface area contributed by atoms with Crippen LogP contribution in [0.3, 0.4) is 0 Å². The molecule has 0 radical (unpaired) electrons. The first-order valence-electron chi connectivity index (χ1n) is 2.19. The summed E-state index contributed by atoms with van der Waals surface area (Å²) in [5, 5.41) is 3.08. The van der Waals surface area contributed by atoms with Gasteiger partial charge >= 0.3 is 0 Å². The predicted octanol–water partition coefficient (Wildman–Crippen LogP) is 1.04. The van der Waals surface area contributed by atoms with Crippen molar-refractivity contribution in [3.63, 3.8) is 0 Å². The predicted molar refractivity (Wildman–Crippen MR) is 36.6 cm³/mol. The maximum Gasteiger partial charge on any atom is 0.0711 e. The van der Waals surface area contributed by atoms with E-state index in [2.05, 4.69) is 24.5 Å². The average molecular weight is 117 g/mol. The van der Waals surface area contributed by atoms with Gasteiger partial charge < -0.3 is 5.32 Å². The number of thiol groups is 1. The normalized spacial score (nSPS) is 13.6. The van der Waals surface area contributed by atoms with E-state index in [0.29, 0.717) is 0 Å². The zero-order chi connectivity index (χ0) is 5.86. The van der Waals surface area contributed by atoms with Crippen LogP contribution in [0.1, 0.15) is 6.92 Å². The van der Waals surface area contributed by atoms with Crippen LogP contribution in [-0.4, -0.2) is 12.4 Å². The summed E-state index contributed by atoms with van der Waals surface area (Å²) in [5.41, 5.74) is 1.05. The summed E-state index contributed by atoms with van der Waals surface area (Å²) in [5.74, 6) is 0. The summed E-state index contributed by atoms with van der Waals surface area (Å²) in [6, 6.07) is 0. The minimum absolute atomic E-state index is 0.153. The van der Waals surface area contributed by atoms with Crippen LogP contribution in [0.2, 0.25) is 0 Å². The molecule has 0 aromatic carbocycles. The molecule has 1 unspecified atom stereocenters. The van der Waals surface area contributed by atoms with Crippen LogP contribution in [0, 0.1) is 0 Å². The monoisotopic (exact) mass is 117 g/mol. The SMILES string of the molecule is C=C(C)C(S)NC. The van der Waals surface area contributed by atoms with Crippen LogP contribution in [0.15, 0.2) is 12.2 Å². The first kappa shape index (κ1) is 7.05. The van der Waals surface area contributed by atoms with Gasteiger partial charge in [0.05, 0.1) is 5.37 Å². The molecule has 1 atom stereocenters. The lowest BCUT2D eigenvalue weighted by atomic mass is 10.3. The van der Waals surface area contributed by atoms with Crippen molar-refractivity contribution >= 4 is 12.6 Å². The van der Waals surface area contributed by atoms with Crippen molar-refractivity contribution in [3.8, 4) is 0 Å². The van der Waals surface area contributed by atoms with Crippen molar-refractivity contribution in [3.05, 3.63) is 12.2 Å². The summed E-state index contributed by atoms with van der Waals surface area (Å²) < 4.78 is 0. The lowest BCUT2D eigenvalue weighted by Crippen LogP contribution is -2.18. The highest BCUT2D eigenvalue weighted by atomic mass is 32.1. The second kappa shape index (κ2) is 3.10. The molecular formula is C5H11NS. The lowest BCUT2D eigenvalue weighted by Gasteiger charge is -2.05. The molecule has 1 nitrogen and oxygen atoms in total. The van der Waals surface area contributed by atoms with E-state index in [9.17, 15) is 0 Å². The summed E-state index contributed by atoms with van der Waals surface area (Å²) in [7, 11) is 1.85. The molecule has 42 valence electrons. The summed E-state index contributed by atoms with van der Waals surface area (Å²) >= 11 is 4.11. The van der Waals surface area contributed by atoms with E-state index in [1.165, 1.54) is 0 Å². The van der Waals surface area contributed by atoms with Gasteiger partial charge in [0.2, 0.25) is 0 Å². The molecule has 0 saturated heterocycles. The first-order chi connectivity index (χ1) is 3.18. The van der Waals surface area contributed by atoms with Crippen LogP contribution < -0.4 is 5.32 Å². The van der Waals surface area contributed by atoms with Crippen molar-refractivity contribution in [2.75, 3.05) is 7.05 Å². The zero-order valence-electron chi connectivity index (χ0n) is 4.73. The van der Waals surface area contributed by atoms with Gasteiger partial charge in [-0.05, 0) is 14.0 Å².